The number of amides is 1. The van der Waals surface area contributed by atoms with Gasteiger partial charge in [-0.25, -0.2) is 9.20 Å². The maximum Gasteiger partial charge on any atom is 0.293 e. The van der Waals surface area contributed by atoms with Crippen LogP contribution < -0.4 is 10.5 Å². The molecule has 0 aliphatic carbocycles. The van der Waals surface area contributed by atoms with Crippen molar-refractivity contribution in [2.24, 2.45) is 0 Å². The van der Waals surface area contributed by atoms with Gasteiger partial charge >= 0.3 is 0 Å². The number of carbonyl (C=O) groups is 1. The molecule has 0 atom stereocenters. The van der Waals surface area contributed by atoms with Gasteiger partial charge in [-0.1, -0.05) is 46.3 Å². The highest BCUT2D eigenvalue weighted by atomic mass is 79.9. The maximum absolute atomic E-state index is 12.9. The first-order chi connectivity index (χ1) is 14.1. The zero-order chi connectivity index (χ0) is 20.4. The molecule has 4 aromatic rings. The highest BCUT2D eigenvalue weighted by molar-refractivity contribution is 9.10. The van der Waals surface area contributed by atoms with Crippen molar-refractivity contribution in [2.45, 2.75) is 13.5 Å². The zero-order valence-corrected chi connectivity index (χ0v) is 17.3. The van der Waals surface area contributed by atoms with Gasteiger partial charge in [-0.05, 0) is 37.3 Å². The lowest BCUT2D eigenvalue weighted by molar-refractivity contribution is -0.119. The van der Waals surface area contributed by atoms with Crippen LogP contribution in [0.1, 0.15) is 6.92 Å². The Labute approximate surface area is 175 Å². The second-order valence-electron chi connectivity index (χ2n) is 6.43. The van der Waals surface area contributed by atoms with Crippen molar-refractivity contribution in [1.29, 1.82) is 0 Å². The molecule has 0 bridgehead atoms. The summed E-state index contributed by atoms with van der Waals surface area (Å²) >= 11 is 3.41. The Bertz CT molecular complexity index is 1220. The molecule has 29 heavy (non-hydrogen) atoms. The lowest BCUT2D eigenvalue weighted by Gasteiger charge is -2.21. The predicted octanol–water partition coefficient (Wildman–Crippen LogP) is 3.37. The smallest absolute Gasteiger partial charge is 0.293 e. The van der Waals surface area contributed by atoms with Crippen LogP contribution in [-0.4, -0.2) is 31.8 Å². The summed E-state index contributed by atoms with van der Waals surface area (Å²) in [5.74, 6) is -0.203. The van der Waals surface area contributed by atoms with Crippen LogP contribution in [0, 0.1) is 0 Å². The Balaban J connectivity index is 1.64. The van der Waals surface area contributed by atoms with Crippen LogP contribution >= 0.6 is 15.9 Å². The monoisotopic (exact) mass is 451 g/mol. The molecule has 0 saturated carbocycles. The summed E-state index contributed by atoms with van der Waals surface area (Å²) in [7, 11) is 0. The number of anilines is 1. The van der Waals surface area contributed by atoms with E-state index in [2.05, 4.69) is 26.1 Å². The number of likely N-dealkylation sites (N-methyl/N-ethyl adjacent to an activating group) is 1. The molecule has 0 fully saturated rings. The van der Waals surface area contributed by atoms with Crippen LogP contribution in [0.3, 0.4) is 0 Å². The van der Waals surface area contributed by atoms with Gasteiger partial charge in [0.15, 0.2) is 0 Å². The van der Waals surface area contributed by atoms with Crippen molar-refractivity contribution >= 4 is 33.0 Å². The van der Waals surface area contributed by atoms with Gasteiger partial charge in [-0.2, -0.15) is 10.2 Å². The molecule has 2 aromatic heterocycles. The quantitative estimate of drug-likeness (QED) is 0.466. The molecule has 0 N–H and O–H groups in total. The number of hydrogen-bond donors (Lipinski definition) is 0. The summed E-state index contributed by atoms with van der Waals surface area (Å²) < 4.78 is 3.58. The fraction of sp³-hybridized carbons (Fsp3) is 0.143. The van der Waals surface area contributed by atoms with Crippen LogP contribution in [0.5, 0.6) is 0 Å². The van der Waals surface area contributed by atoms with E-state index in [4.69, 9.17) is 0 Å². The summed E-state index contributed by atoms with van der Waals surface area (Å²) in [6.45, 7) is 2.25. The molecule has 7 nitrogen and oxygen atoms in total. The SMILES string of the molecule is CCN(C(=O)Cn1ncn2nc(-c3ccc(Br)cc3)cc2c1=O)c1ccccc1. The number of hydrogen-bond acceptors (Lipinski definition) is 4. The van der Waals surface area contributed by atoms with Crippen LogP contribution in [0.4, 0.5) is 5.69 Å². The van der Waals surface area contributed by atoms with Crippen molar-refractivity contribution in [1.82, 2.24) is 19.4 Å². The van der Waals surface area contributed by atoms with Crippen molar-refractivity contribution in [2.75, 3.05) is 11.4 Å². The predicted molar refractivity (Wildman–Crippen MR) is 115 cm³/mol. The molecule has 8 heteroatoms. The van der Waals surface area contributed by atoms with Gasteiger partial charge in [-0.15, -0.1) is 0 Å². The minimum Gasteiger partial charge on any atom is -0.311 e. The number of aromatic nitrogens is 4. The Kier molecular flexibility index (Phi) is 5.26. The Hall–Kier alpha value is -3.26. The number of halogens is 1. The third-order valence-electron chi connectivity index (χ3n) is 4.60. The van der Waals surface area contributed by atoms with E-state index < -0.39 is 0 Å². The van der Waals surface area contributed by atoms with Crippen molar-refractivity contribution in [3.63, 3.8) is 0 Å². The van der Waals surface area contributed by atoms with Gasteiger partial charge < -0.3 is 4.90 Å². The maximum atomic E-state index is 12.9. The molecule has 1 amide bonds. The number of carbonyl (C=O) groups excluding carboxylic acids is 1. The van der Waals surface area contributed by atoms with Crippen LogP contribution in [0.2, 0.25) is 0 Å². The molecule has 2 aromatic carbocycles. The van der Waals surface area contributed by atoms with E-state index >= 15 is 0 Å². The second kappa shape index (κ2) is 8.00. The third-order valence-corrected chi connectivity index (χ3v) is 5.13. The first-order valence-corrected chi connectivity index (χ1v) is 9.93. The molecule has 0 saturated heterocycles. The van der Waals surface area contributed by atoms with Gasteiger partial charge in [-0.3, -0.25) is 9.59 Å². The molecule has 0 radical (unpaired) electrons. The molecule has 0 unspecified atom stereocenters. The first-order valence-electron chi connectivity index (χ1n) is 9.13. The minimum absolute atomic E-state index is 0.142. The lowest BCUT2D eigenvalue weighted by Crippen LogP contribution is -2.37. The summed E-state index contributed by atoms with van der Waals surface area (Å²) in [5.41, 5.74) is 2.35. The molecule has 0 aliphatic rings. The first kappa shape index (κ1) is 19.1. The van der Waals surface area contributed by atoms with E-state index in [1.165, 1.54) is 15.5 Å². The Morgan fingerprint density at radius 2 is 1.83 bits per heavy atom. The number of para-hydroxylation sites is 1. The van der Waals surface area contributed by atoms with E-state index in [1.807, 2.05) is 61.5 Å². The lowest BCUT2D eigenvalue weighted by atomic mass is 10.1. The van der Waals surface area contributed by atoms with Gasteiger partial charge in [0, 0.05) is 22.3 Å². The van der Waals surface area contributed by atoms with E-state index in [0.29, 0.717) is 17.8 Å². The molecular formula is C21H18BrN5O2. The van der Waals surface area contributed by atoms with Crippen LogP contribution in [-0.2, 0) is 11.3 Å². The molecule has 4 rings (SSSR count). The van der Waals surface area contributed by atoms with Gasteiger partial charge in [0.05, 0.1) is 5.69 Å². The fourth-order valence-corrected chi connectivity index (χ4v) is 3.40. The summed E-state index contributed by atoms with van der Waals surface area (Å²) in [5, 5.41) is 8.55. The average Bonchev–Trinajstić information content (AvgIpc) is 3.17. The van der Waals surface area contributed by atoms with Gasteiger partial charge in [0.2, 0.25) is 5.91 Å². The zero-order valence-electron chi connectivity index (χ0n) is 15.7. The van der Waals surface area contributed by atoms with E-state index in [0.717, 1.165) is 15.7 Å². The third kappa shape index (κ3) is 3.84. The standard InChI is InChI=1S/C21H18BrN5O2/c1-2-25(17-6-4-3-5-7-17)20(28)13-26-21(29)19-12-18(24-27(19)14-23-26)15-8-10-16(22)11-9-15/h3-12,14H,2,13H2,1H3. The fourth-order valence-electron chi connectivity index (χ4n) is 3.14. The molecular weight excluding hydrogens is 434 g/mol. The summed E-state index contributed by atoms with van der Waals surface area (Å²) in [6.07, 6.45) is 1.45. The summed E-state index contributed by atoms with van der Waals surface area (Å²) in [4.78, 5) is 27.3. The van der Waals surface area contributed by atoms with Crippen LogP contribution in [0.25, 0.3) is 16.8 Å². The Morgan fingerprint density at radius 3 is 2.52 bits per heavy atom. The molecule has 0 spiro atoms. The van der Waals surface area contributed by atoms with E-state index in [1.54, 1.807) is 11.0 Å². The topological polar surface area (TPSA) is 72.5 Å². The molecule has 146 valence electrons. The molecule has 2 heterocycles. The number of benzene rings is 2. The minimum atomic E-state index is -0.360. The highest BCUT2D eigenvalue weighted by Crippen LogP contribution is 2.21. The van der Waals surface area contributed by atoms with Gasteiger partial charge in [0.25, 0.3) is 5.56 Å². The average molecular weight is 452 g/mol. The normalized spacial score (nSPS) is 11.0. The van der Waals surface area contributed by atoms with E-state index in [-0.39, 0.29) is 18.0 Å². The Morgan fingerprint density at radius 1 is 1.10 bits per heavy atom. The number of fused-ring (bicyclic) bond motifs is 1. The second-order valence-corrected chi connectivity index (χ2v) is 7.35. The van der Waals surface area contributed by atoms with Crippen molar-refractivity contribution < 1.29 is 4.79 Å². The van der Waals surface area contributed by atoms with Crippen molar-refractivity contribution in [3.05, 3.63) is 81.8 Å². The number of nitrogens with zero attached hydrogens (tertiary/aromatic N) is 5. The molecule has 0 aliphatic heterocycles. The highest BCUT2D eigenvalue weighted by Gasteiger charge is 2.17. The largest absolute Gasteiger partial charge is 0.311 e. The van der Waals surface area contributed by atoms with Crippen molar-refractivity contribution in [3.8, 4) is 11.3 Å². The van der Waals surface area contributed by atoms with Crippen LogP contribution in [0.15, 0.2) is 76.3 Å². The van der Waals surface area contributed by atoms with Gasteiger partial charge in [0.1, 0.15) is 18.4 Å². The number of rotatable bonds is 5. The van der Waals surface area contributed by atoms with E-state index in [9.17, 15) is 9.59 Å². The summed E-state index contributed by atoms with van der Waals surface area (Å²) in [6, 6.07) is 18.7.